The predicted molar refractivity (Wildman–Crippen MR) is 73.9 cm³/mol. The van der Waals surface area contributed by atoms with Gasteiger partial charge in [-0.2, -0.15) is 0 Å². The third-order valence-corrected chi connectivity index (χ3v) is 3.60. The van der Waals surface area contributed by atoms with E-state index in [-0.39, 0.29) is 6.10 Å². The summed E-state index contributed by atoms with van der Waals surface area (Å²) < 4.78 is 17.1. The minimum absolute atomic E-state index is 0.159. The number of aliphatic hydroxyl groups is 2. The third kappa shape index (κ3) is 3.48. The van der Waals surface area contributed by atoms with Crippen molar-refractivity contribution >= 4 is 0 Å². The molecule has 0 aromatic carbocycles. The number of aliphatic hydroxyl groups excluding tert-OH is 1. The largest absolute Gasteiger partial charge is 0.389 e. The van der Waals surface area contributed by atoms with Crippen LogP contribution in [0.25, 0.3) is 0 Å². The first kappa shape index (κ1) is 15.7. The molecule has 0 amide bonds. The van der Waals surface area contributed by atoms with Crippen LogP contribution in [0.3, 0.4) is 0 Å². The van der Waals surface area contributed by atoms with Crippen molar-refractivity contribution in [2.45, 2.75) is 69.6 Å². The van der Waals surface area contributed by atoms with E-state index in [0.29, 0.717) is 12.8 Å². The molecule has 2 aliphatic rings. The molecule has 0 saturated carbocycles. The smallest absolute Gasteiger partial charge is 0.187 e. The standard InChI is InChI=1S/C15H24O5/c1-5-6-10(16)7-8-15(4,17)12-9-11-13(18-12)20-14(2,3)19-11/h5,7-8,10-13,16-17H,1,6,9H2,2-4H3/b8-7+/t10-,11-,12-,13-,15-/m1/s1. The van der Waals surface area contributed by atoms with Gasteiger partial charge in [0.25, 0.3) is 0 Å². The molecule has 2 aliphatic heterocycles. The molecular formula is C15H24O5. The molecular weight excluding hydrogens is 260 g/mol. The van der Waals surface area contributed by atoms with Crippen LogP contribution in [0.4, 0.5) is 0 Å². The Bertz CT molecular complexity index is 372. The van der Waals surface area contributed by atoms with Crippen molar-refractivity contribution in [3.05, 3.63) is 24.8 Å². The fourth-order valence-electron chi connectivity index (χ4n) is 2.55. The highest BCUT2D eigenvalue weighted by atomic mass is 16.8. The predicted octanol–water partition coefficient (Wildman–Crippen LogP) is 1.50. The maximum atomic E-state index is 10.5. The molecule has 2 saturated heterocycles. The van der Waals surface area contributed by atoms with Crippen LogP contribution in [0.1, 0.15) is 33.6 Å². The summed E-state index contributed by atoms with van der Waals surface area (Å²) in [7, 11) is 0. The minimum atomic E-state index is -1.18. The molecule has 20 heavy (non-hydrogen) atoms. The second-order valence-electron chi connectivity index (χ2n) is 6.08. The monoisotopic (exact) mass is 284 g/mol. The van der Waals surface area contributed by atoms with Gasteiger partial charge in [-0.1, -0.05) is 18.2 Å². The van der Waals surface area contributed by atoms with Crippen molar-refractivity contribution in [1.82, 2.24) is 0 Å². The highest BCUT2D eigenvalue weighted by Gasteiger charge is 2.52. The van der Waals surface area contributed by atoms with Crippen molar-refractivity contribution in [2.24, 2.45) is 0 Å². The fourth-order valence-corrected chi connectivity index (χ4v) is 2.55. The maximum Gasteiger partial charge on any atom is 0.187 e. The molecule has 2 rings (SSSR count). The lowest BCUT2D eigenvalue weighted by molar-refractivity contribution is -0.219. The zero-order valence-corrected chi connectivity index (χ0v) is 12.3. The topological polar surface area (TPSA) is 68.2 Å². The average Bonchev–Trinajstić information content (AvgIpc) is 2.81. The Balaban J connectivity index is 1.94. The molecule has 0 unspecified atom stereocenters. The van der Waals surface area contributed by atoms with Gasteiger partial charge in [-0.05, 0) is 27.2 Å². The van der Waals surface area contributed by atoms with Crippen LogP contribution in [0, 0.1) is 0 Å². The second-order valence-corrected chi connectivity index (χ2v) is 6.08. The molecule has 114 valence electrons. The van der Waals surface area contributed by atoms with Gasteiger partial charge in [0, 0.05) is 6.42 Å². The summed E-state index contributed by atoms with van der Waals surface area (Å²) in [4.78, 5) is 0. The lowest BCUT2D eigenvalue weighted by atomic mass is 9.95. The van der Waals surface area contributed by atoms with Crippen LogP contribution in [-0.2, 0) is 14.2 Å². The van der Waals surface area contributed by atoms with Crippen LogP contribution in [0.2, 0.25) is 0 Å². The van der Waals surface area contributed by atoms with Crippen LogP contribution in [-0.4, -0.2) is 46.2 Å². The average molecular weight is 284 g/mol. The van der Waals surface area contributed by atoms with Crippen molar-refractivity contribution in [1.29, 1.82) is 0 Å². The molecule has 0 aliphatic carbocycles. The second kappa shape index (κ2) is 5.58. The zero-order chi connectivity index (χ0) is 15.0. The van der Waals surface area contributed by atoms with E-state index in [1.165, 1.54) is 0 Å². The summed E-state index contributed by atoms with van der Waals surface area (Å²) in [6.07, 6.45) is 4.10. The Morgan fingerprint density at radius 3 is 2.75 bits per heavy atom. The fraction of sp³-hybridized carbons (Fsp3) is 0.733. The van der Waals surface area contributed by atoms with Gasteiger partial charge in [0.2, 0.25) is 0 Å². The molecule has 5 nitrogen and oxygen atoms in total. The molecule has 0 bridgehead atoms. The van der Waals surface area contributed by atoms with Crippen LogP contribution < -0.4 is 0 Å². The Hall–Kier alpha value is -0.720. The van der Waals surface area contributed by atoms with E-state index in [1.807, 2.05) is 13.8 Å². The van der Waals surface area contributed by atoms with Gasteiger partial charge in [-0.25, -0.2) is 0 Å². The highest BCUT2D eigenvalue weighted by molar-refractivity contribution is 5.08. The normalized spacial score (nSPS) is 36.8. The number of hydrogen-bond acceptors (Lipinski definition) is 5. The molecule has 5 atom stereocenters. The number of hydrogen-bond donors (Lipinski definition) is 2. The molecule has 2 fully saturated rings. The minimum Gasteiger partial charge on any atom is -0.389 e. The van der Waals surface area contributed by atoms with Gasteiger partial charge in [-0.15, -0.1) is 6.58 Å². The molecule has 0 spiro atoms. The van der Waals surface area contributed by atoms with Gasteiger partial charge in [0.05, 0.1) is 12.2 Å². The van der Waals surface area contributed by atoms with E-state index in [9.17, 15) is 10.2 Å². The number of ether oxygens (including phenoxy) is 3. The quantitative estimate of drug-likeness (QED) is 0.749. The maximum absolute atomic E-state index is 10.5. The first-order chi connectivity index (χ1) is 9.23. The third-order valence-electron chi connectivity index (χ3n) is 3.60. The molecule has 2 N–H and O–H groups in total. The SMILES string of the molecule is C=CC[C@@H](O)/C=C/[C@@](C)(O)[C@H]1C[C@H]2OC(C)(C)O[C@H]2O1. The first-order valence-electron chi connectivity index (χ1n) is 6.95. The summed E-state index contributed by atoms with van der Waals surface area (Å²) in [5.41, 5.74) is -1.18. The van der Waals surface area contributed by atoms with Crippen LogP contribution in [0.5, 0.6) is 0 Å². The summed E-state index contributed by atoms with van der Waals surface area (Å²) in [5, 5.41) is 20.1. The summed E-state index contributed by atoms with van der Waals surface area (Å²) in [6, 6.07) is 0. The molecule has 5 heteroatoms. The molecule has 2 heterocycles. The summed E-state index contributed by atoms with van der Waals surface area (Å²) in [5.74, 6) is -0.637. The molecule has 0 aromatic rings. The van der Waals surface area contributed by atoms with E-state index in [0.717, 1.165) is 0 Å². The lowest BCUT2D eigenvalue weighted by Crippen LogP contribution is -2.39. The van der Waals surface area contributed by atoms with Crippen LogP contribution in [0.15, 0.2) is 24.8 Å². The Kier molecular flexibility index (Phi) is 4.37. The van der Waals surface area contributed by atoms with E-state index in [1.54, 1.807) is 25.2 Å². The zero-order valence-electron chi connectivity index (χ0n) is 12.3. The molecule has 0 radical (unpaired) electrons. The van der Waals surface area contributed by atoms with Crippen molar-refractivity contribution in [3.8, 4) is 0 Å². The van der Waals surface area contributed by atoms with Crippen LogP contribution >= 0.6 is 0 Å². The first-order valence-corrected chi connectivity index (χ1v) is 6.95. The van der Waals surface area contributed by atoms with Gasteiger partial charge >= 0.3 is 0 Å². The molecule has 0 aromatic heterocycles. The van der Waals surface area contributed by atoms with Gasteiger partial charge in [-0.3, -0.25) is 0 Å². The highest BCUT2D eigenvalue weighted by Crippen LogP contribution is 2.40. The van der Waals surface area contributed by atoms with Gasteiger partial charge in [0.15, 0.2) is 12.1 Å². The Morgan fingerprint density at radius 1 is 1.45 bits per heavy atom. The van der Waals surface area contributed by atoms with Crippen molar-refractivity contribution in [2.75, 3.05) is 0 Å². The van der Waals surface area contributed by atoms with E-state index < -0.39 is 29.9 Å². The van der Waals surface area contributed by atoms with E-state index in [4.69, 9.17) is 14.2 Å². The van der Waals surface area contributed by atoms with E-state index >= 15 is 0 Å². The van der Waals surface area contributed by atoms with Gasteiger partial charge < -0.3 is 24.4 Å². The number of rotatable bonds is 5. The Morgan fingerprint density at radius 2 is 2.15 bits per heavy atom. The summed E-state index contributed by atoms with van der Waals surface area (Å²) >= 11 is 0. The Labute approximate surface area is 119 Å². The summed E-state index contributed by atoms with van der Waals surface area (Å²) in [6.45, 7) is 8.90. The van der Waals surface area contributed by atoms with Crippen molar-refractivity contribution in [3.63, 3.8) is 0 Å². The van der Waals surface area contributed by atoms with Crippen molar-refractivity contribution < 1.29 is 24.4 Å². The lowest BCUT2D eigenvalue weighted by Gasteiger charge is -2.28. The number of fused-ring (bicyclic) bond motifs is 1. The van der Waals surface area contributed by atoms with E-state index in [2.05, 4.69) is 6.58 Å². The van der Waals surface area contributed by atoms with Gasteiger partial charge in [0.1, 0.15) is 11.7 Å².